The first-order valence-corrected chi connectivity index (χ1v) is 6.45. The van der Waals surface area contributed by atoms with Gasteiger partial charge in [0.15, 0.2) is 0 Å². The Balaban J connectivity index is 1.93. The Hall–Kier alpha value is -1.68. The molecule has 0 aliphatic heterocycles. The van der Waals surface area contributed by atoms with Crippen molar-refractivity contribution in [1.82, 2.24) is 15.5 Å². The third-order valence-electron chi connectivity index (χ3n) is 3.03. The molecule has 0 fully saturated rings. The zero-order chi connectivity index (χ0) is 13.9. The van der Waals surface area contributed by atoms with E-state index in [2.05, 4.69) is 36.3 Å². The van der Waals surface area contributed by atoms with E-state index in [9.17, 15) is 4.39 Å². The molecule has 0 spiro atoms. The minimum absolute atomic E-state index is 0.0589. The third-order valence-corrected chi connectivity index (χ3v) is 3.03. The van der Waals surface area contributed by atoms with Gasteiger partial charge in [-0.1, -0.05) is 32.9 Å². The molecule has 1 aromatic heterocycles. The summed E-state index contributed by atoms with van der Waals surface area (Å²) in [7, 11) is 0. The lowest BCUT2D eigenvalue weighted by molar-refractivity contribution is 0.553. The van der Waals surface area contributed by atoms with Crippen LogP contribution in [0.3, 0.4) is 0 Å². The summed E-state index contributed by atoms with van der Waals surface area (Å²) in [6.45, 7) is 7.94. The number of aromatic nitrogens is 2. The molecule has 0 radical (unpaired) electrons. The van der Waals surface area contributed by atoms with Crippen LogP contribution in [-0.4, -0.2) is 10.2 Å². The van der Waals surface area contributed by atoms with Gasteiger partial charge in [-0.2, -0.15) is 5.10 Å². The van der Waals surface area contributed by atoms with Crippen molar-refractivity contribution in [3.63, 3.8) is 0 Å². The van der Waals surface area contributed by atoms with Crippen molar-refractivity contribution in [2.45, 2.75) is 39.3 Å². The van der Waals surface area contributed by atoms with Gasteiger partial charge in [-0.3, -0.25) is 5.10 Å². The molecule has 0 aliphatic rings. The monoisotopic (exact) mass is 261 g/mol. The van der Waals surface area contributed by atoms with E-state index in [0.717, 1.165) is 24.3 Å². The number of H-pyrrole nitrogens is 1. The van der Waals surface area contributed by atoms with Gasteiger partial charge in [0.05, 0.1) is 6.20 Å². The number of halogens is 1. The first-order valence-electron chi connectivity index (χ1n) is 6.45. The number of nitrogens with zero attached hydrogens (tertiary/aromatic N) is 1. The minimum Gasteiger partial charge on any atom is -0.308 e. The molecule has 0 atom stereocenters. The van der Waals surface area contributed by atoms with Crippen LogP contribution in [0.25, 0.3) is 0 Å². The van der Waals surface area contributed by atoms with Crippen LogP contribution in [0.5, 0.6) is 0 Å². The number of hydrogen-bond donors (Lipinski definition) is 2. The number of rotatable bonds is 4. The summed E-state index contributed by atoms with van der Waals surface area (Å²) in [6.07, 6.45) is 1.86. The fourth-order valence-corrected chi connectivity index (χ4v) is 2.04. The van der Waals surface area contributed by atoms with Crippen molar-refractivity contribution < 1.29 is 4.39 Å². The molecule has 102 valence electrons. The van der Waals surface area contributed by atoms with Crippen LogP contribution in [0.2, 0.25) is 0 Å². The summed E-state index contributed by atoms with van der Waals surface area (Å²) in [4.78, 5) is 0. The maximum absolute atomic E-state index is 12.8. The average Bonchev–Trinajstić information content (AvgIpc) is 2.80. The van der Waals surface area contributed by atoms with Crippen molar-refractivity contribution in [3.05, 3.63) is 53.1 Å². The van der Waals surface area contributed by atoms with Gasteiger partial charge in [0.2, 0.25) is 0 Å². The van der Waals surface area contributed by atoms with Crippen molar-refractivity contribution in [1.29, 1.82) is 0 Å². The largest absolute Gasteiger partial charge is 0.308 e. The van der Waals surface area contributed by atoms with E-state index in [1.807, 2.05) is 6.20 Å². The number of nitrogens with one attached hydrogen (secondary N) is 2. The average molecular weight is 261 g/mol. The molecular formula is C15H20FN3. The predicted octanol–water partition coefficient (Wildman–Crippen LogP) is 3.14. The predicted molar refractivity (Wildman–Crippen MR) is 74.2 cm³/mol. The van der Waals surface area contributed by atoms with E-state index in [0.29, 0.717) is 0 Å². The lowest BCUT2D eigenvalue weighted by Gasteiger charge is -2.18. The van der Waals surface area contributed by atoms with Crippen LogP contribution in [0, 0.1) is 5.82 Å². The number of hydrogen-bond acceptors (Lipinski definition) is 2. The van der Waals surface area contributed by atoms with Crippen LogP contribution >= 0.6 is 0 Å². The van der Waals surface area contributed by atoms with Gasteiger partial charge in [-0.15, -0.1) is 0 Å². The van der Waals surface area contributed by atoms with Crippen molar-refractivity contribution >= 4 is 0 Å². The zero-order valence-corrected chi connectivity index (χ0v) is 11.6. The van der Waals surface area contributed by atoms with Crippen LogP contribution < -0.4 is 5.32 Å². The van der Waals surface area contributed by atoms with Gasteiger partial charge < -0.3 is 5.32 Å². The Labute approximate surface area is 113 Å². The smallest absolute Gasteiger partial charge is 0.123 e. The second-order valence-electron chi connectivity index (χ2n) is 5.75. The molecule has 0 saturated heterocycles. The summed E-state index contributed by atoms with van der Waals surface area (Å²) < 4.78 is 12.8. The molecule has 3 nitrogen and oxygen atoms in total. The van der Waals surface area contributed by atoms with Crippen LogP contribution in [0.15, 0.2) is 30.5 Å². The molecule has 1 heterocycles. The maximum atomic E-state index is 12.8. The van der Waals surface area contributed by atoms with Gasteiger partial charge in [0.1, 0.15) is 5.82 Å². The fraction of sp³-hybridized carbons (Fsp3) is 0.400. The van der Waals surface area contributed by atoms with Gasteiger partial charge in [0, 0.05) is 29.8 Å². The highest BCUT2D eigenvalue weighted by Crippen LogP contribution is 2.23. The van der Waals surface area contributed by atoms with E-state index in [-0.39, 0.29) is 11.2 Å². The molecule has 0 bridgehead atoms. The SMILES string of the molecule is CC(C)(C)c1[nH]ncc1CNCc1ccc(F)cc1. The summed E-state index contributed by atoms with van der Waals surface area (Å²) in [5, 5.41) is 10.5. The normalized spacial score (nSPS) is 11.8. The van der Waals surface area contributed by atoms with Gasteiger partial charge in [-0.25, -0.2) is 4.39 Å². The quantitative estimate of drug-likeness (QED) is 0.887. The van der Waals surface area contributed by atoms with E-state index in [4.69, 9.17) is 0 Å². The zero-order valence-electron chi connectivity index (χ0n) is 11.6. The molecule has 19 heavy (non-hydrogen) atoms. The number of aromatic amines is 1. The van der Waals surface area contributed by atoms with Crippen LogP contribution in [-0.2, 0) is 18.5 Å². The molecule has 2 aromatic rings. The highest BCUT2D eigenvalue weighted by atomic mass is 19.1. The molecule has 0 amide bonds. The first kappa shape index (κ1) is 13.7. The lowest BCUT2D eigenvalue weighted by atomic mass is 9.89. The lowest BCUT2D eigenvalue weighted by Crippen LogP contribution is -2.18. The summed E-state index contributed by atoms with van der Waals surface area (Å²) >= 11 is 0. The summed E-state index contributed by atoms with van der Waals surface area (Å²) in [5.74, 6) is -0.200. The molecule has 0 unspecified atom stereocenters. The van der Waals surface area contributed by atoms with E-state index >= 15 is 0 Å². The molecule has 2 N–H and O–H groups in total. The summed E-state index contributed by atoms with van der Waals surface area (Å²) in [6, 6.07) is 6.55. The minimum atomic E-state index is -0.200. The molecule has 1 aromatic carbocycles. The van der Waals surface area contributed by atoms with Gasteiger partial charge in [-0.05, 0) is 17.7 Å². The summed E-state index contributed by atoms with van der Waals surface area (Å²) in [5.41, 5.74) is 3.46. The molecule has 4 heteroatoms. The van der Waals surface area contributed by atoms with E-state index < -0.39 is 0 Å². The van der Waals surface area contributed by atoms with Crippen LogP contribution in [0.4, 0.5) is 4.39 Å². The van der Waals surface area contributed by atoms with Crippen LogP contribution in [0.1, 0.15) is 37.6 Å². The Morgan fingerprint density at radius 2 is 1.84 bits per heavy atom. The Morgan fingerprint density at radius 1 is 1.16 bits per heavy atom. The molecule has 0 aliphatic carbocycles. The molecular weight excluding hydrogens is 241 g/mol. The number of benzene rings is 1. The van der Waals surface area contributed by atoms with Crippen molar-refractivity contribution in [2.24, 2.45) is 0 Å². The highest BCUT2D eigenvalue weighted by molar-refractivity contribution is 5.23. The fourth-order valence-electron chi connectivity index (χ4n) is 2.04. The third kappa shape index (κ3) is 3.64. The van der Waals surface area contributed by atoms with Gasteiger partial charge >= 0.3 is 0 Å². The molecule has 2 rings (SSSR count). The Bertz CT molecular complexity index is 523. The first-order chi connectivity index (χ1) is 8.97. The second kappa shape index (κ2) is 5.53. The Kier molecular flexibility index (Phi) is 4.00. The van der Waals surface area contributed by atoms with Crippen molar-refractivity contribution in [3.8, 4) is 0 Å². The highest BCUT2D eigenvalue weighted by Gasteiger charge is 2.19. The van der Waals surface area contributed by atoms with Crippen molar-refractivity contribution in [2.75, 3.05) is 0 Å². The standard InChI is InChI=1S/C15H20FN3/c1-15(2,3)14-12(10-18-19-14)9-17-8-11-4-6-13(16)7-5-11/h4-7,10,17H,8-9H2,1-3H3,(H,18,19). The Morgan fingerprint density at radius 3 is 2.47 bits per heavy atom. The second-order valence-corrected chi connectivity index (χ2v) is 5.75. The van der Waals surface area contributed by atoms with E-state index in [1.54, 1.807) is 12.1 Å². The van der Waals surface area contributed by atoms with Gasteiger partial charge in [0.25, 0.3) is 0 Å². The van der Waals surface area contributed by atoms with E-state index in [1.165, 1.54) is 17.7 Å². The molecule has 0 saturated carbocycles. The maximum Gasteiger partial charge on any atom is 0.123 e. The topological polar surface area (TPSA) is 40.7 Å².